The molecule has 1 aromatic carbocycles. The van der Waals surface area contributed by atoms with Crippen molar-refractivity contribution in [2.24, 2.45) is 0 Å². The van der Waals surface area contributed by atoms with Gasteiger partial charge in [-0.05, 0) is 23.3 Å². The number of aromatic nitrogens is 2. The minimum absolute atomic E-state index is 0.297. The van der Waals surface area contributed by atoms with Crippen LogP contribution in [0.15, 0.2) is 36.7 Å². The standard InChI is InChI=1S/C13H11F3N2O3/c14-13(15,16)21-11-3-1-10(2-4-11)12(20-8-19)5-9-6-17-18-7-9/h1-4,6-8,12H,5H2,(H,17,18). The fourth-order valence-electron chi connectivity index (χ4n) is 1.80. The Labute approximate surface area is 117 Å². The molecule has 0 radical (unpaired) electrons. The third-order valence-corrected chi connectivity index (χ3v) is 2.68. The molecule has 1 atom stereocenters. The number of ether oxygens (including phenoxy) is 2. The predicted molar refractivity (Wildman–Crippen MR) is 65.3 cm³/mol. The van der Waals surface area contributed by atoms with E-state index in [1.165, 1.54) is 24.3 Å². The van der Waals surface area contributed by atoms with Gasteiger partial charge in [0.15, 0.2) is 0 Å². The van der Waals surface area contributed by atoms with E-state index in [1.807, 2.05) is 0 Å². The lowest BCUT2D eigenvalue weighted by Gasteiger charge is -2.15. The summed E-state index contributed by atoms with van der Waals surface area (Å²) in [6, 6.07) is 5.16. The van der Waals surface area contributed by atoms with Crippen LogP contribution in [0.5, 0.6) is 5.75 Å². The molecule has 2 aromatic rings. The summed E-state index contributed by atoms with van der Waals surface area (Å²) in [4.78, 5) is 10.6. The van der Waals surface area contributed by atoms with Crippen LogP contribution in [0.3, 0.4) is 0 Å². The average molecular weight is 300 g/mol. The highest BCUT2D eigenvalue weighted by atomic mass is 19.4. The summed E-state index contributed by atoms with van der Waals surface area (Å²) in [6.07, 6.45) is -1.78. The van der Waals surface area contributed by atoms with E-state index in [-0.39, 0.29) is 5.75 Å². The highest BCUT2D eigenvalue weighted by Gasteiger charge is 2.31. The van der Waals surface area contributed by atoms with Crippen LogP contribution in [0.25, 0.3) is 0 Å². The molecule has 0 fully saturated rings. The normalized spacial score (nSPS) is 12.7. The van der Waals surface area contributed by atoms with Gasteiger partial charge in [-0.25, -0.2) is 0 Å². The molecule has 1 unspecified atom stereocenters. The number of nitrogens with one attached hydrogen (secondary N) is 1. The largest absolute Gasteiger partial charge is 0.573 e. The number of benzene rings is 1. The Balaban J connectivity index is 2.11. The molecule has 1 heterocycles. The fraction of sp³-hybridized carbons (Fsp3) is 0.231. The zero-order valence-corrected chi connectivity index (χ0v) is 10.6. The molecule has 112 valence electrons. The smallest absolute Gasteiger partial charge is 0.459 e. The minimum atomic E-state index is -4.74. The molecular formula is C13H11F3N2O3. The number of carbonyl (C=O) groups is 1. The zero-order chi connectivity index (χ0) is 15.3. The van der Waals surface area contributed by atoms with Gasteiger partial charge in [-0.2, -0.15) is 5.10 Å². The monoisotopic (exact) mass is 300 g/mol. The van der Waals surface area contributed by atoms with Gasteiger partial charge in [0.25, 0.3) is 6.47 Å². The van der Waals surface area contributed by atoms with Crippen molar-refractivity contribution >= 4 is 6.47 Å². The highest BCUT2D eigenvalue weighted by Crippen LogP contribution is 2.26. The zero-order valence-electron chi connectivity index (χ0n) is 10.6. The molecule has 0 saturated carbocycles. The van der Waals surface area contributed by atoms with Gasteiger partial charge in [0, 0.05) is 12.6 Å². The molecule has 1 aromatic heterocycles. The summed E-state index contributed by atoms with van der Waals surface area (Å²) in [7, 11) is 0. The van der Waals surface area contributed by atoms with E-state index in [9.17, 15) is 18.0 Å². The lowest BCUT2D eigenvalue weighted by Crippen LogP contribution is -2.17. The van der Waals surface area contributed by atoms with Crippen LogP contribution in [0.1, 0.15) is 17.2 Å². The molecular weight excluding hydrogens is 289 g/mol. The van der Waals surface area contributed by atoms with Crippen molar-refractivity contribution in [3.63, 3.8) is 0 Å². The van der Waals surface area contributed by atoms with E-state index >= 15 is 0 Å². The van der Waals surface area contributed by atoms with Crippen LogP contribution in [0.2, 0.25) is 0 Å². The third kappa shape index (κ3) is 4.51. The van der Waals surface area contributed by atoms with Crippen LogP contribution in [0, 0.1) is 0 Å². The summed E-state index contributed by atoms with van der Waals surface area (Å²) in [5.74, 6) is -0.334. The molecule has 1 N–H and O–H groups in total. The van der Waals surface area contributed by atoms with Crippen molar-refractivity contribution in [1.82, 2.24) is 10.2 Å². The van der Waals surface area contributed by atoms with Gasteiger partial charge in [0.2, 0.25) is 0 Å². The number of hydrogen-bond acceptors (Lipinski definition) is 4. The molecule has 0 aliphatic heterocycles. The summed E-state index contributed by atoms with van der Waals surface area (Å²) in [6.45, 7) is 0.297. The lowest BCUT2D eigenvalue weighted by molar-refractivity contribution is -0.274. The quantitative estimate of drug-likeness (QED) is 0.833. The molecule has 0 aliphatic carbocycles. The predicted octanol–water partition coefficient (Wildman–Crippen LogP) is 2.77. The Morgan fingerprint density at radius 2 is 2.00 bits per heavy atom. The lowest BCUT2D eigenvalue weighted by atomic mass is 10.0. The molecule has 8 heteroatoms. The van der Waals surface area contributed by atoms with Crippen LogP contribution in [0.4, 0.5) is 13.2 Å². The number of rotatable bonds is 6. The second-order valence-electron chi connectivity index (χ2n) is 4.15. The first kappa shape index (κ1) is 14.9. The van der Waals surface area contributed by atoms with Crippen LogP contribution in [-0.2, 0) is 16.0 Å². The Morgan fingerprint density at radius 1 is 1.29 bits per heavy atom. The van der Waals surface area contributed by atoms with Gasteiger partial charge >= 0.3 is 6.36 Å². The third-order valence-electron chi connectivity index (χ3n) is 2.68. The van der Waals surface area contributed by atoms with Crippen LogP contribution in [-0.4, -0.2) is 23.0 Å². The van der Waals surface area contributed by atoms with Gasteiger partial charge in [-0.3, -0.25) is 9.89 Å². The summed E-state index contributed by atoms with van der Waals surface area (Å²) in [5.41, 5.74) is 1.36. The van der Waals surface area contributed by atoms with Gasteiger partial charge in [-0.15, -0.1) is 13.2 Å². The minimum Gasteiger partial charge on any atom is -0.459 e. The number of H-pyrrole nitrogens is 1. The van der Waals surface area contributed by atoms with E-state index in [0.717, 1.165) is 5.56 Å². The Kier molecular flexibility index (Phi) is 4.46. The van der Waals surface area contributed by atoms with Gasteiger partial charge in [0.05, 0.1) is 6.20 Å². The first-order chi connectivity index (χ1) is 9.98. The molecule has 21 heavy (non-hydrogen) atoms. The second kappa shape index (κ2) is 6.29. The van der Waals surface area contributed by atoms with Crippen molar-refractivity contribution in [1.29, 1.82) is 0 Å². The van der Waals surface area contributed by atoms with Crippen LogP contribution < -0.4 is 4.74 Å². The first-order valence-electron chi connectivity index (χ1n) is 5.90. The fourth-order valence-corrected chi connectivity index (χ4v) is 1.80. The number of hydrogen-bond donors (Lipinski definition) is 1. The molecule has 5 nitrogen and oxygen atoms in total. The van der Waals surface area contributed by atoms with Gasteiger partial charge < -0.3 is 9.47 Å². The highest BCUT2D eigenvalue weighted by molar-refractivity contribution is 5.39. The number of alkyl halides is 3. The van der Waals surface area contributed by atoms with E-state index in [2.05, 4.69) is 14.9 Å². The van der Waals surface area contributed by atoms with E-state index in [1.54, 1.807) is 12.4 Å². The maximum Gasteiger partial charge on any atom is 0.573 e. The van der Waals surface area contributed by atoms with E-state index < -0.39 is 12.5 Å². The topological polar surface area (TPSA) is 64.2 Å². The maximum atomic E-state index is 12.1. The summed E-state index contributed by atoms with van der Waals surface area (Å²) >= 11 is 0. The molecule has 0 spiro atoms. The maximum absolute atomic E-state index is 12.1. The number of nitrogens with zero attached hydrogens (tertiary/aromatic N) is 1. The van der Waals surface area contributed by atoms with Crippen LogP contribution >= 0.6 is 0 Å². The van der Waals surface area contributed by atoms with Gasteiger partial charge in [0.1, 0.15) is 11.9 Å². The van der Waals surface area contributed by atoms with E-state index in [4.69, 9.17) is 4.74 Å². The van der Waals surface area contributed by atoms with Crippen molar-refractivity contribution < 1.29 is 27.4 Å². The molecule has 0 amide bonds. The molecule has 0 bridgehead atoms. The molecule has 2 rings (SSSR count). The van der Waals surface area contributed by atoms with E-state index in [0.29, 0.717) is 18.5 Å². The number of carbonyl (C=O) groups excluding carboxylic acids is 1. The first-order valence-corrected chi connectivity index (χ1v) is 5.90. The van der Waals surface area contributed by atoms with Crippen molar-refractivity contribution in [2.75, 3.05) is 0 Å². The summed E-state index contributed by atoms with van der Waals surface area (Å²) < 4.78 is 44.9. The Hall–Kier alpha value is -2.51. The number of aromatic amines is 1. The SMILES string of the molecule is O=COC(Cc1cn[nH]c1)c1ccc(OC(F)(F)F)cc1. The summed E-state index contributed by atoms with van der Waals surface area (Å²) in [5, 5.41) is 6.39. The molecule has 0 aliphatic rings. The Bertz CT molecular complexity index is 567. The second-order valence-corrected chi connectivity index (χ2v) is 4.15. The van der Waals surface area contributed by atoms with Crippen molar-refractivity contribution in [2.45, 2.75) is 18.9 Å². The van der Waals surface area contributed by atoms with Crippen molar-refractivity contribution in [3.8, 4) is 5.75 Å². The number of halogens is 3. The average Bonchev–Trinajstić information content (AvgIpc) is 2.90. The van der Waals surface area contributed by atoms with Crippen molar-refractivity contribution in [3.05, 3.63) is 47.8 Å². The molecule has 0 saturated heterocycles. The Morgan fingerprint density at radius 3 is 2.52 bits per heavy atom. The van der Waals surface area contributed by atoms with Gasteiger partial charge in [-0.1, -0.05) is 12.1 Å².